The van der Waals surface area contributed by atoms with Crippen molar-refractivity contribution in [3.63, 3.8) is 0 Å². The average Bonchev–Trinajstić information content (AvgIpc) is 2.75. The molecule has 0 aromatic heterocycles. The van der Waals surface area contributed by atoms with Gasteiger partial charge in [-0.2, -0.15) is 0 Å². The number of carbonyl (C=O) groups is 2. The first kappa shape index (κ1) is 23.5. The van der Waals surface area contributed by atoms with Gasteiger partial charge in [-0.25, -0.2) is 0 Å². The van der Waals surface area contributed by atoms with Gasteiger partial charge in [0.15, 0.2) is 16.6 Å². The Hall–Kier alpha value is -2.13. The maximum atomic E-state index is 12.5. The molecule has 31 heavy (non-hydrogen) atoms. The zero-order valence-electron chi connectivity index (χ0n) is 16.7. The Bertz CT molecular complexity index is 1100. The summed E-state index contributed by atoms with van der Waals surface area (Å²) in [6.07, 6.45) is 1.50. The molecule has 1 aliphatic heterocycles. The summed E-state index contributed by atoms with van der Waals surface area (Å²) in [7, 11) is 4.55. The summed E-state index contributed by atoms with van der Waals surface area (Å²) in [5.41, 5.74) is 1.41. The molecule has 0 saturated carbocycles. The molecule has 1 saturated heterocycles. The van der Waals surface area contributed by atoms with Gasteiger partial charge < -0.3 is 9.47 Å². The second-order valence-electron chi connectivity index (χ2n) is 6.64. The summed E-state index contributed by atoms with van der Waals surface area (Å²) in [4.78, 5) is 27.6. The number of amides is 2. The minimum absolute atomic E-state index is 0.00275. The topological polar surface area (TPSA) is 59.1 Å². The number of methoxy groups -OCH3 is 1. The van der Waals surface area contributed by atoms with Crippen molar-refractivity contribution in [2.75, 3.05) is 21.2 Å². The first-order chi connectivity index (χ1) is 14.6. The summed E-state index contributed by atoms with van der Waals surface area (Å²) < 4.78 is 12.0. The van der Waals surface area contributed by atoms with E-state index in [1.165, 1.54) is 37.1 Å². The molecule has 2 aromatic carbocycles. The van der Waals surface area contributed by atoms with E-state index >= 15 is 0 Å². The van der Waals surface area contributed by atoms with Crippen LogP contribution in [-0.4, -0.2) is 47.9 Å². The van der Waals surface area contributed by atoms with Gasteiger partial charge in [0, 0.05) is 14.1 Å². The molecule has 0 spiro atoms. The van der Waals surface area contributed by atoms with E-state index in [0.29, 0.717) is 31.6 Å². The van der Waals surface area contributed by atoms with Crippen molar-refractivity contribution in [1.29, 1.82) is 0 Å². The first-order valence-electron chi connectivity index (χ1n) is 8.90. The smallest absolute Gasteiger partial charge is 0.265 e. The standard InChI is InChI=1S/C21H17BrCl2N2O4S/c1-25-19(27)13(20(28)26(2)21(25)31)6-12-7-14(22)18(17(9-12)29-3)30-10-11-4-5-15(23)16(24)8-11/h4-9H,10H2,1-3H3. The van der Waals surface area contributed by atoms with Crippen LogP contribution in [0, 0.1) is 0 Å². The Morgan fingerprint density at radius 3 is 2.29 bits per heavy atom. The van der Waals surface area contributed by atoms with Crippen LogP contribution in [0.3, 0.4) is 0 Å². The highest BCUT2D eigenvalue weighted by Gasteiger charge is 2.35. The van der Waals surface area contributed by atoms with Gasteiger partial charge in [0.1, 0.15) is 12.2 Å². The van der Waals surface area contributed by atoms with Gasteiger partial charge in [-0.15, -0.1) is 0 Å². The van der Waals surface area contributed by atoms with Crippen LogP contribution in [0.5, 0.6) is 11.5 Å². The van der Waals surface area contributed by atoms with Crippen molar-refractivity contribution in [2.45, 2.75) is 6.61 Å². The van der Waals surface area contributed by atoms with E-state index in [1.54, 1.807) is 24.3 Å². The second kappa shape index (κ2) is 9.56. The maximum absolute atomic E-state index is 12.5. The number of ether oxygens (including phenoxy) is 2. The number of benzene rings is 2. The molecule has 2 aromatic rings. The molecule has 0 unspecified atom stereocenters. The highest BCUT2D eigenvalue weighted by molar-refractivity contribution is 9.10. The zero-order valence-corrected chi connectivity index (χ0v) is 20.7. The number of nitrogens with zero attached hydrogens (tertiary/aromatic N) is 2. The predicted octanol–water partition coefficient (Wildman–Crippen LogP) is 4.94. The number of likely N-dealkylation sites (N-methyl/N-ethyl adjacent to an activating group) is 2. The molecular formula is C21H17BrCl2N2O4S. The van der Waals surface area contributed by atoms with E-state index in [0.717, 1.165) is 5.56 Å². The lowest BCUT2D eigenvalue weighted by Gasteiger charge is -2.31. The predicted molar refractivity (Wildman–Crippen MR) is 128 cm³/mol. The van der Waals surface area contributed by atoms with Gasteiger partial charge in [-0.1, -0.05) is 29.3 Å². The third-order valence-electron chi connectivity index (χ3n) is 4.57. The maximum Gasteiger partial charge on any atom is 0.265 e. The van der Waals surface area contributed by atoms with Gasteiger partial charge in [0.2, 0.25) is 0 Å². The van der Waals surface area contributed by atoms with Crippen molar-refractivity contribution in [1.82, 2.24) is 9.80 Å². The highest BCUT2D eigenvalue weighted by atomic mass is 79.9. The number of rotatable bonds is 5. The molecule has 162 valence electrons. The molecule has 0 atom stereocenters. The molecule has 0 bridgehead atoms. The third-order valence-corrected chi connectivity index (χ3v) is 6.45. The molecule has 3 rings (SSSR count). The Labute approximate surface area is 203 Å². The van der Waals surface area contributed by atoms with Crippen LogP contribution in [-0.2, 0) is 16.2 Å². The second-order valence-corrected chi connectivity index (χ2v) is 8.67. The van der Waals surface area contributed by atoms with E-state index in [4.69, 9.17) is 44.9 Å². The fraction of sp³-hybridized carbons (Fsp3) is 0.190. The molecule has 6 nitrogen and oxygen atoms in total. The molecule has 0 aliphatic carbocycles. The largest absolute Gasteiger partial charge is 0.493 e. The number of hydrogen-bond donors (Lipinski definition) is 0. The van der Waals surface area contributed by atoms with Crippen molar-refractivity contribution >= 4 is 74.4 Å². The van der Waals surface area contributed by atoms with Gasteiger partial charge in [-0.05, 0) is 69.6 Å². The van der Waals surface area contributed by atoms with Gasteiger partial charge in [0.05, 0.1) is 21.6 Å². The van der Waals surface area contributed by atoms with Crippen molar-refractivity contribution in [2.24, 2.45) is 0 Å². The van der Waals surface area contributed by atoms with E-state index in [-0.39, 0.29) is 17.3 Å². The SMILES string of the molecule is COc1cc(C=C2C(=O)N(C)C(=S)N(C)C2=O)cc(Br)c1OCc1ccc(Cl)c(Cl)c1. The van der Waals surface area contributed by atoms with E-state index in [9.17, 15) is 9.59 Å². The molecule has 2 amide bonds. The monoisotopic (exact) mass is 542 g/mol. The molecule has 1 heterocycles. The summed E-state index contributed by atoms with van der Waals surface area (Å²) >= 11 is 20.6. The van der Waals surface area contributed by atoms with Crippen LogP contribution in [0.4, 0.5) is 0 Å². The van der Waals surface area contributed by atoms with Crippen molar-refractivity contribution in [3.05, 3.63) is 61.5 Å². The van der Waals surface area contributed by atoms with Crippen LogP contribution < -0.4 is 9.47 Å². The van der Waals surface area contributed by atoms with E-state index < -0.39 is 11.8 Å². The van der Waals surface area contributed by atoms with E-state index in [1.807, 2.05) is 6.07 Å². The van der Waals surface area contributed by atoms with Crippen LogP contribution in [0.25, 0.3) is 6.08 Å². The van der Waals surface area contributed by atoms with Gasteiger partial charge in [0.25, 0.3) is 11.8 Å². The Morgan fingerprint density at radius 1 is 1.06 bits per heavy atom. The Kier molecular flexibility index (Phi) is 7.26. The van der Waals surface area contributed by atoms with Crippen LogP contribution in [0.15, 0.2) is 40.4 Å². The molecule has 1 fully saturated rings. The van der Waals surface area contributed by atoms with Crippen LogP contribution >= 0.6 is 51.3 Å². The molecule has 0 radical (unpaired) electrons. The fourth-order valence-electron chi connectivity index (χ4n) is 2.89. The first-order valence-corrected chi connectivity index (χ1v) is 10.9. The number of halogens is 3. The molecule has 10 heteroatoms. The van der Waals surface area contributed by atoms with Crippen molar-refractivity contribution < 1.29 is 19.1 Å². The minimum Gasteiger partial charge on any atom is -0.493 e. The zero-order chi connectivity index (χ0) is 22.9. The van der Waals surface area contributed by atoms with Crippen molar-refractivity contribution in [3.8, 4) is 11.5 Å². The summed E-state index contributed by atoms with van der Waals surface area (Å²) in [6, 6.07) is 8.64. The fourth-order valence-corrected chi connectivity index (χ4v) is 3.95. The normalized spacial score (nSPS) is 14.3. The van der Waals surface area contributed by atoms with Gasteiger partial charge >= 0.3 is 0 Å². The highest BCUT2D eigenvalue weighted by Crippen LogP contribution is 2.38. The lowest BCUT2D eigenvalue weighted by atomic mass is 10.1. The summed E-state index contributed by atoms with van der Waals surface area (Å²) in [5, 5.41) is 1.05. The average molecular weight is 544 g/mol. The quantitative estimate of drug-likeness (QED) is 0.303. The lowest BCUT2D eigenvalue weighted by Crippen LogP contribution is -2.52. The van der Waals surface area contributed by atoms with E-state index in [2.05, 4.69) is 15.9 Å². The van der Waals surface area contributed by atoms with Crippen LogP contribution in [0.1, 0.15) is 11.1 Å². The Morgan fingerprint density at radius 2 is 1.71 bits per heavy atom. The summed E-state index contributed by atoms with van der Waals surface area (Å²) in [5.74, 6) is -0.0482. The van der Waals surface area contributed by atoms with Crippen LogP contribution in [0.2, 0.25) is 10.0 Å². The number of carbonyl (C=O) groups excluding carboxylic acids is 2. The summed E-state index contributed by atoms with van der Waals surface area (Å²) in [6.45, 7) is 0.232. The minimum atomic E-state index is -0.469. The molecule has 1 aliphatic rings. The lowest BCUT2D eigenvalue weighted by molar-refractivity contribution is -0.132. The molecular weight excluding hydrogens is 527 g/mol. The molecule has 0 N–H and O–H groups in total. The number of hydrogen-bond acceptors (Lipinski definition) is 5. The van der Waals surface area contributed by atoms with Gasteiger partial charge in [-0.3, -0.25) is 19.4 Å². The number of thiocarbonyl (C=S) groups is 1. The third kappa shape index (κ3) is 4.87. The Balaban J connectivity index is 1.91.